The van der Waals surface area contributed by atoms with Gasteiger partial charge in [0.2, 0.25) is 5.91 Å². The van der Waals surface area contributed by atoms with Crippen LogP contribution in [0.1, 0.15) is 79.0 Å². The summed E-state index contributed by atoms with van der Waals surface area (Å²) in [5, 5.41) is 5.06. The number of ether oxygens (including phenoxy) is 1. The fourth-order valence-electron chi connectivity index (χ4n) is 3.18. The number of amides is 1. The molecule has 168 valence electrons. The quantitative estimate of drug-likeness (QED) is 0.354. The summed E-state index contributed by atoms with van der Waals surface area (Å²) in [5.41, 5.74) is -1.41. The van der Waals surface area contributed by atoms with Gasteiger partial charge in [0.1, 0.15) is 5.60 Å². The van der Waals surface area contributed by atoms with E-state index in [1.54, 1.807) is 11.3 Å². The molecule has 1 N–H and O–H groups in total. The first kappa shape index (κ1) is 24.9. The Morgan fingerprint density at radius 3 is 2.33 bits per heavy atom. The van der Waals surface area contributed by atoms with Crippen molar-refractivity contribution in [1.82, 2.24) is 5.32 Å². The average molecular weight is 437 g/mol. The van der Waals surface area contributed by atoms with Crippen molar-refractivity contribution in [1.29, 1.82) is 0 Å². The standard InChI is InChI=1S/C22H36BNO5S/c1-20(2,3)27-19(26)13-9-8-12-17(23-28-21(4,5)22(6,7)29-23)24-18(25)15-16-11-10-14-30-16/h10-11,14,17H,8-9,12-13,15H2,1-7H3,(H,24,25). The molecule has 8 heteroatoms. The van der Waals surface area contributed by atoms with Crippen molar-refractivity contribution >= 4 is 30.3 Å². The van der Waals surface area contributed by atoms with Gasteiger partial charge in [0.15, 0.2) is 0 Å². The molecule has 0 aromatic carbocycles. The van der Waals surface area contributed by atoms with Gasteiger partial charge in [0, 0.05) is 11.3 Å². The van der Waals surface area contributed by atoms with Gasteiger partial charge >= 0.3 is 13.1 Å². The van der Waals surface area contributed by atoms with E-state index in [1.165, 1.54) is 0 Å². The maximum atomic E-state index is 12.6. The first-order chi connectivity index (χ1) is 13.8. The molecule has 1 saturated heterocycles. The average Bonchev–Trinajstić information content (AvgIpc) is 3.14. The summed E-state index contributed by atoms with van der Waals surface area (Å²) < 4.78 is 17.7. The minimum absolute atomic E-state index is 0.0516. The molecule has 0 aliphatic carbocycles. The van der Waals surface area contributed by atoms with Crippen molar-refractivity contribution in [2.45, 2.75) is 103 Å². The van der Waals surface area contributed by atoms with Crippen LogP contribution in [0, 0.1) is 0 Å². The highest BCUT2D eigenvalue weighted by Gasteiger charge is 2.53. The molecule has 0 saturated carbocycles. The maximum Gasteiger partial charge on any atom is 0.481 e. The molecule has 2 rings (SSSR count). The van der Waals surface area contributed by atoms with E-state index < -0.39 is 23.9 Å². The zero-order valence-electron chi connectivity index (χ0n) is 19.4. The molecule has 1 aliphatic heterocycles. The zero-order valence-corrected chi connectivity index (χ0v) is 20.2. The second-order valence-corrected chi connectivity index (χ2v) is 10.9. The summed E-state index contributed by atoms with van der Waals surface area (Å²) in [7, 11) is -0.524. The molecule has 6 nitrogen and oxygen atoms in total. The van der Waals surface area contributed by atoms with Crippen LogP contribution in [-0.2, 0) is 30.1 Å². The SMILES string of the molecule is CC(C)(C)OC(=O)CCCCC(NC(=O)Cc1cccs1)B1OC(C)(C)C(C)(C)O1. The van der Waals surface area contributed by atoms with Crippen LogP contribution in [0.15, 0.2) is 17.5 Å². The van der Waals surface area contributed by atoms with Crippen LogP contribution in [0.3, 0.4) is 0 Å². The van der Waals surface area contributed by atoms with E-state index in [-0.39, 0.29) is 17.8 Å². The minimum atomic E-state index is -0.524. The molecule has 30 heavy (non-hydrogen) atoms. The van der Waals surface area contributed by atoms with Crippen molar-refractivity contribution < 1.29 is 23.6 Å². The molecular formula is C22H36BNO5S. The lowest BCUT2D eigenvalue weighted by molar-refractivity contribution is -0.154. The predicted octanol–water partition coefficient (Wildman–Crippen LogP) is 4.31. The van der Waals surface area contributed by atoms with Crippen LogP contribution >= 0.6 is 11.3 Å². The van der Waals surface area contributed by atoms with Gasteiger partial charge in [-0.1, -0.05) is 12.5 Å². The van der Waals surface area contributed by atoms with E-state index in [0.717, 1.165) is 11.3 Å². The van der Waals surface area contributed by atoms with Gasteiger partial charge < -0.3 is 19.4 Å². The van der Waals surface area contributed by atoms with Crippen molar-refractivity contribution in [3.63, 3.8) is 0 Å². The second-order valence-electron chi connectivity index (χ2n) is 9.89. The van der Waals surface area contributed by atoms with E-state index in [4.69, 9.17) is 14.0 Å². The third-order valence-corrected chi connectivity index (χ3v) is 6.30. The fourth-order valence-corrected chi connectivity index (χ4v) is 3.89. The van der Waals surface area contributed by atoms with E-state index in [9.17, 15) is 9.59 Å². The highest BCUT2D eigenvalue weighted by atomic mass is 32.1. The number of esters is 1. The van der Waals surface area contributed by atoms with Crippen molar-refractivity contribution in [2.75, 3.05) is 0 Å². The first-order valence-corrected chi connectivity index (χ1v) is 11.6. The van der Waals surface area contributed by atoms with E-state index in [2.05, 4.69) is 5.32 Å². The number of rotatable bonds is 9. The number of carbonyl (C=O) groups excluding carboxylic acids is 2. The lowest BCUT2D eigenvalue weighted by Gasteiger charge is -2.32. The van der Waals surface area contributed by atoms with Crippen molar-refractivity contribution in [3.05, 3.63) is 22.4 Å². The highest BCUT2D eigenvalue weighted by Crippen LogP contribution is 2.38. The van der Waals surface area contributed by atoms with Gasteiger partial charge in [0.25, 0.3) is 0 Å². The molecule has 0 radical (unpaired) electrons. The van der Waals surface area contributed by atoms with Crippen molar-refractivity contribution in [2.24, 2.45) is 0 Å². The minimum Gasteiger partial charge on any atom is -0.460 e. The summed E-state index contributed by atoms with van der Waals surface area (Å²) in [6, 6.07) is 3.89. The smallest absolute Gasteiger partial charge is 0.460 e. The van der Waals surface area contributed by atoms with Crippen LogP contribution in [0.4, 0.5) is 0 Å². The number of hydrogen-bond donors (Lipinski definition) is 1. The molecule has 1 aromatic rings. The number of unbranched alkanes of at least 4 members (excludes halogenated alkanes) is 1. The lowest BCUT2D eigenvalue weighted by Crippen LogP contribution is -2.48. The van der Waals surface area contributed by atoms with Crippen LogP contribution in [0.5, 0.6) is 0 Å². The van der Waals surface area contributed by atoms with Crippen LogP contribution < -0.4 is 5.32 Å². The maximum absolute atomic E-state index is 12.6. The van der Waals surface area contributed by atoms with Gasteiger partial charge in [0.05, 0.1) is 23.6 Å². The van der Waals surface area contributed by atoms with E-state index >= 15 is 0 Å². The number of nitrogens with one attached hydrogen (secondary N) is 1. The molecular weight excluding hydrogens is 401 g/mol. The zero-order chi connectivity index (χ0) is 22.6. The summed E-state index contributed by atoms with van der Waals surface area (Å²) in [5.74, 6) is -0.530. The normalized spacial score (nSPS) is 18.8. The molecule has 1 fully saturated rings. The van der Waals surface area contributed by atoms with Crippen LogP contribution in [0.2, 0.25) is 0 Å². The Kier molecular flexibility index (Phi) is 8.16. The van der Waals surface area contributed by atoms with Gasteiger partial charge in [-0.2, -0.15) is 0 Å². The molecule has 1 aromatic heterocycles. The summed E-state index contributed by atoms with van der Waals surface area (Å²) >= 11 is 1.56. The fraction of sp³-hybridized carbons (Fsp3) is 0.727. The van der Waals surface area contributed by atoms with Crippen LogP contribution in [-0.4, -0.2) is 41.7 Å². The Balaban J connectivity index is 1.94. The highest BCUT2D eigenvalue weighted by molar-refractivity contribution is 7.10. The number of carbonyl (C=O) groups is 2. The summed E-state index contributed by atoms with van der Waals surface area (Å²) in [6.45, 7) is 13.6. The van der Waals surface area contributed by atoms with Gasteiger partial charge in [-0.15, -0.1) is 11.3 Å². The lowest BCUT2D eigenvalue weighted by atomic mass is 9.75. The molecule has 2 heterocycles. The van der Waals surface area contributed by atoms with Crippen LogP contribution in [0.25, 0.3) is 0 Å². The molecule has 0 bridgehead atoms. The molecule has 0 spiro atoms. The number of hydrogen-bond acceptors (Lipinski definition) is 6. The molecule has 1 amide bonds. The largest absolute Gasteiger partial charge is 0.481 e. The van der Waals surface area contributed by atoms with Gasteiger partial charge in [-0.25, -0.2) is 0 Å². The summed E-state index contributed by atoms with van der Waals surface area (Å²) in [6.07, 6.45) is 2.80. The Bertz CT molecular complexity index is 696. The Labute approximate surface area is 185 Å². The topological polar surface area (TPSA) is 73.9 Å². The second kappa shape index (κ2) is 9.83. The van der Waals surface area contributed by atoms with E-state index in [1.807, 2.05) is 66.0 Å². The first-order valence-electron chi connectivity index (χ1n) is 10.7. The summed E-state index contributed by atoms with van der Waals surface area (Å²) in [4.78, 5) is 25.6. The van der Waals surface area contributed by atoms with Crippen molar-refractivity contribution in [3.8, 4) is 0 Å². The monoisotopic (exact) mass is 437 g/mol. The third kappa shape index (κ3) is 7.39. The molecule has 1 atom stereocenters. The molecule has 1 unspecified atom stereocenters. The Hall–Kier alpha value is -1.38. The van der Waals surface area contributed by atoms with E-state index in [0.29, 0.717) is 25.7 Å². The van der Waals surface area contributed by atoms with Gasteiger partial charge in [-0.3, -0.25) is 9.59 Å². The molecule has 1 aliphatic rings. The Morgan fingerprint density at radius 1 is 1.17 bits per heavy atom. The van der Waals surface area contributed by atoms with Gasteiger partial charge in [-0.05, 0) is 72.8 Å². The Morgan fingerprint density at radius 2 is 1.80 bits per heavy atom. The third-order valence-electron chi connectivity index (χ3n) is 5.43. The predicted molar refractivity (Wildman–Crippen MR) is 120 cm³/mol. The number of thiophene rings is 1.